The average Bonchev–Trinajstić information content (AvgIpc) is 2.84. The maximum Gasteiger partial charge on any atom is 0.312 e. The Balaban J connectivity index is 0.000000618. The molecule has 15 heteroatoms. The van der Waals surface area contributed by atoms with Crippen LogP contribution >= 0.6 is 54.5 Å². The molecule has 35 heavy (non-hydrogen) atoms. The monoisotopic (exact) mass is 734 g/mol. The number of alkyl halides is 1. The van der Waals surface area contributed by atoms with E-state index in [1.807, 2.05) is 4.93 Å². The van der Waals surface area contributed by atoms with E-state index < -0.39 is 9.85 Å². The number of pyridine rings is 2. The molecule has 1 N–H and O–H groups in total. The van der Waals surface area contributed by atoms with Crippen molar-refractivity contribution >= 4 is 77.5 Å². The van der Waals surface area contributed by atoms with E-state index in [2.05, 4.69) is 69.7 Å². The maximum atomic E-state index is 10.9. The molecule has 2 aromatic heterocycles. The molecule has 0 fully saturated rings. The van der Waals surface area contributed by atoms with Crippen LogP contribution in [0.5, 0.6) is 0 Å². The summed E-state index contributed by atoms with van der Waals surface area (Å²) >= 11 is 8.47. The molecule has 0 aliphatic rings. The van der Waals surface area contributed by atoms with Crippen molar-refractivity contribution in [3.05, 3.63) is 53.7 Å². The minimum atomic E-state index is -0.462. The summed E-state index contributed by atoms with van der Waals surface area (Å²) in [5, 5.41) is 24.5. The van der Waals surface area contributed by atoms with Gasteiger partial charge in [0.25, 0.3) is 0 Å². The molecular weight excluding hydrogens is 707 g/mol. The lowest BCUT2D eigenvalue weighted by Gasteiger charge is -2.17. The zero-order chi connectivity index (χ0) is 26.8. The second-order valence-corrected chi connectivity index (χ2v) is 8.40. The van der Waals surface area contributed by atoms with Gasteiger partial charge < -0.3 is 19.7 Å². The lowest BCUT2D eigenvalue weighted by molar-refractivity contribution is -0.384. The minimum absolute atomic E-state index is 0.000656. The Bertz CT molecular complexity index is 928. The Morgan fingerprint density at radius 1 is 0.971 bits per heavy atom. The van der Waals surface area contributed by atoms with Gasteiger partial charge in [-0.15, -0.1) is 0 Å². The minimum Gasteiger partial charge on any atom is -0.385 e. The van der Waals surface area contributed by atoms with Gasteiger partial charge in [0.15, 0.2) is 0 Å². The Hall–Kier alpha value is -1.69. The van der Waals surface area contributed by atoms with Crippen LogP contribution < -0.4 is 10.2 Å². The van der Waals surface area contributed by atoms with Crippen molar-refractivity contribution in [1.29, 1.82) is 0 Å². The lowest BCUT2D eigenvalue weighted by atomic mass is 10.3. The first-order valence-electron chi connectivity index (χ1n) is 10.1. The number of nitrogens with one attached hydrogen (secondary N) is 1. The Kier molecular flexibility index (Phi) is 18.6. The van der Waals surface area contributed by atoms with E-state index in [-0.39, 0.29) is 17.2 Å². The van der Waals surface area contributed by atoms with Gasteiger partial charge in [0.1, 0.15) is 0 Å². The highest BCUT2D eigenvalue weighted by Crippen LogP contribution is 2.28. The van der Waals surface area contributed by atoms with Crippen molar-refractivity contribution in [1.82, 2.24) is 9.97 Å². The van der Waals surface area contributed by atoms with Gasteiger partial charge in [-0.2, -0.15) is 0 Å². The number of nitrogens with zero attached hydrogens (tertiary/aromatic N) is 5. The molecule has 0 aromatic carbocycles. The summed E-state index contributed by atoms with van der Waals surface area (Å²) in [5.74, 6) is 0.651. The number of ether oxygens (including phenoxy) is 2. The van der Waals surface area contributed by atoms with Gasteiger partial charge in [0, 0.05) is 81.0 Å². The molecule has 0 saturated carbocycles. The topological polar surface area (TPSA) is 146 Å². The summed E-state index contributed by atoms with van der Waals surface area (Å²) in [6, 6.07) is 2.88. The van der Waals surface area contributed by atoms with Crippen molar-refractivity contribution in [3.8, 4) is 0 Å². The molecule has 2 aromatic rings. The van der Waals surface area contributed by atoms with Crippen molar-refractivity contribution in [2.45, 2.75) is 12.8 Å². The van der Waals surface area contributed by atoms with Crippen LogP contribution in [0, 0.1) is 20.2 Å². The van der Waals surface area contributed by atoms with Crippen LogP contribution in [0.15, 0.2) is 33.5 Å². The molecule has 2 rings (SSSR count). The first-order chi connectivity index (χ1) is 16.7. The van der Waals surface area contributed by atoms with E-state index in [9.17, 15) is 20.2 Å². The number of aromatic nitrogens is 2. The van der Waals surface area contributed by atoms with Crippen molar-refractivity contribution in [2.75, 3.05) is 62.7 Å². The molecule has 0 spiro atoms. The van der Waals surface area contributed by atoms with Gasteiger partial charge in [-0.05, 0) is 49.6 Å². The molecule has 0 bridgehead atoms. The van der Waals surface area contributed by atoms with E-state index >= 15 is 0 Å². The van der Waals surface area contributed by atoms with Gasteiger partial charge in [-0.25, -0.2) is 9.97 Å². The number of anilines is 2. The van der Waals surface area contributed by atoms with Crippen LogP contribution in [0.4, 0.5) is 23.0 Å². The predicted molar refractivity (Wildman–Crippen MR) is 152 cm³/mol. The molecule has 0 aliphatic carbocycles. The van der Waals surface area contributed by atoms with Crippen molar-refractivity contribution in [3.63, 3.8) is 0 Å². The molecule has 0 radical (unpaired) electrons. The Labute approximate surface area is 234 Å². The third kappa shape index (κ3) is 13.3. The van der Waals surface area contributed by atoms with Gasteiger partial charge in [-0.1, -0.05) is 22.6 Å². The van der Waals surface area contributed by atoms with Crippen molar-refractivity contribution in [2.24, 2.45) is 0 Å². The highest BCUT2D eigenvalue weighted by Gasteiger charge is 2.19. The van der Waals surface area contributed by atoms with Crippen LogP contribution in [0.1, 0.15) is 12.8 Å². The number of halogens is 3. The van der Waals surface area contributed by atoms with E-state index in [4.69, 9.17) is 9.47 Å². The second kappa shape index (κ2) is 19.5. The summed E-state index contributed by atoms with van der Waals surface area (Å²) in [7, 11) is 5.01. The van der Waals surface area contributed by atoms with Crippen LogP contribution in [0.25, 0.3) is 0 Å². The molecule has 12 nitrogen and oxygen atoms in total. The highest BCUT2D eigenvalue weighted by atomic mass is 127. The molecule has 0 aliphatic heterocycles. The fourth-order valence-electron chi connectivity index (χ4n) is 2.53. The van der Waals surface area contributed by atoms with Gasteiger partial charge in [0.2, 0.25) is 11.6 Å². The van der Waals surface area contributed by atoms with Crippen LogP contribution in [-0.4, -0.2) is 72.3 Å². The van der Waals surface area contributed by atoms with Gasteiger partial charge in [-0.3, -0.25) is 20.2 Å². The molecule has 0 atom stereocenters. The largest absolute Gasteiger partial charge is 0.385 e. The van der Waals surface area contributed by atoms with Crippen LogP contribution in [-0.2, 0) is 9.47 Å². The third-order valence-electron chi connectivity index (χ3n) is 4.06. The summed E-state index contributed by atoms with van der Waals surface area (Å²) in [6.07, 6.45) is 4.63. The van der Waals surface area contributed by atoms with Crippen LogP contribution in [0.2, 0.25) is 0 Å². The Morgan fingerprint density at radius 3 is 2.03 bits per heavy atom. The van der Waals surface area contributed by atoms with Gasteiger partial charge >= 0.3 is 11.4 Å². The summed E-state index contributed by atoms with van der Waals surface area (Å²) in [5.41, 5.74) is -0.0360. The summed E-state index contributed by atoms with van der Waals surface area (Å²) in [6.45, 7) is 2.47. The lowest BCUT2D eigenvalue weighted by Crippen LogP contribution is -2.21. The normalized spacial score (nSPS) is 9.80. The molecule has 2 heterocycles. The van der Waals surface area contributed by atoms with E-state index in [0.29, 0.717) is 41.1 Å². The number of nitro groups is 2. The van der Waals surface area contributed by atoms with Crippen molar-refractivity contribution < 1.29 is 19.3 Å². The molecule has 0 saturated heterocycles. The SMILES string of the molecule is CI.COCCCN(C)c1ncc(Br)cc1[N+](=O)[O-].COCCCNc1ncc(Br)cc1[N+](=O)[O-]. The van der Waals surface area contributed by atoms with E-state index in [1.165, 1.54) is 18.3 Å². The first-order valence-corrected chi connectivity index (χ1v) is 13.9. The average molecular weight is 736 g/mol. The zero-order valence-electron chi connectivity index (χ0n) is 19.9. The molecule has 0 unspecified atom stereocenters. The second-order valence-electron chi connectivity index (χ2n) is 6.57. The standard InChI is InChI=1S/C10H14BrN3O3.C9H12BrN3O3.CH3I/c1-13(4-3-5-17-2)10-9(14(15)16)6-8(11)7-12-10;1-16-4-2-3-11-9-8(13(14)15)5-7(10)6-12-9;1-2/h6-7H,3-5H2,1-2H3;5-6H,2-4H2,1H3,(H,11,12);1H3. The number of methoxy groups -OCH3 is 2. The van der Waals surface area contributed by atoms with Gasteiger partial charge in [0.05, 0.1) is 9.85 Å². The maximum absolute atomic E-state index is 10.9. The first kappa shape index (κ1) is 33.3. The van der Waals surface area contributed by atoms with E-state index in [0.717, 1.165) is 12.8 Å². The molecular formula is C20H29Br2IN6O6. The summed E-state index contributed by atoms with van der Waals surface area (Å²) < 4.78 is 11.0. The molecule has 196 valence electrons. The number of rotatable bonds is 12. The fourth-order valence-corrected chi connectivity index (χ4v) is 3.17. The third-order valence-corrected chi connectivity index (χ3v) is 4.93. The van der Waals surface area contributed by atoms with Crippen LogP contribution in [0.3, 0.4) is 0 Å². The highest BCUT2D eigenvalue weighted by molar-refractivity contribution is 14.1. The quantitative estimate of drug-likeness (QED) is 0.0979. The molecule has 0 amide bonds. The number of hydrogen-bond acceptors (Lipinski definition) is 10. The number of hydrogen-bond donors (Lipinski definition) is 1. The smallest absolute Gasteiger partial charge is 0.312 e. The fraction of sp³-hybridized carbons (Fsp3) is 0.500. The summed E-state index contributed by atoms with van der Waals surface area (Å²) in [4.78, 5) is 32.5. The zero-order valence-corrected chi connectivity index (χ0v) is 25.2. The Morgan fingerprint density at radius 2 is 1.49 bits per heavy atom. The van der Waals surface area contributed by atoms with E-state index in [1.54, 1.807) is 32.4 Å². The predicted octanol–water partition coefficient (Wildman–Crippen LogP) is 5.48.